The Morgan fingerprint density at radius 1 is 1.25 bits per heavy atom. The van der Waals surface area contributed by atoms with Gasteiger partial charge in [0.15, 0.2) is 13.1 Å². The van der Waals surface area contributed by atoms with Crippen LogP contribution in [0.1, 0.15) is 19.3 Å². The van der Waals surface area contributed by atoms with Crippen molar-refractivity contribution in [3.63, 3.8) is 0 Å². The van der Waals surface area contributed by atoms with Crippen molar-refractivity contribution < 1.29 is 22.1 Å². The Labute approximate surface area is 71.5 Å². The quantitative estimate of drug-likeness (QED) is 0.615. The maximum atomic E-state index is 13.4. The van der Waals surface area contributed by atoms with E-state index in [1.165, 1.54) is 0 Å². The lowest BCUT2D eigenvalue weighted by Crippen LogP contribution is -2.45. The third-order valence-corrected chi connectivity index (χ3v) is 2.29. The Bertz CT molecular complexity index is 246. The first-order valence-electron chi connectivity index (χ1n) is 3.89. The van der Waals surface area contributed by atoms with Crippen molar-refractivity contribution in [1.29, 1.82) is 0 Å². The fourth-order valence-electron chi connectivity index (χ4n) is 1.30. The summed E-state index contributed by atoms with van der Waals surface area (Å²) < 4.78 is 39.0. The standard InChI is InChI=1S/C6H13FNO3S/c1-12(9,10)11-8(7)5-3-2-4-6-8/h2-6H2,1H3/q+1. The molecule has 0 amide bonds. The van der Waals surface area contributed by atoms with Gasteiger partial charge in [0.1, 0.15) is 0 Å². The molecule has 1 saturated heterocycles. The summed E-state index contributed by atoms with van der Waals surface area (Å²) in [5, 5.41) is 0. The van der Waals surface area contributed by atoms with Gasteiger partial charge in [-0.25, -0.2) is 0 Å². The van der Waals surface area contributed by atoms with Gasteiger partial charge in [-0.1, -0.05) is 0 Å². The highest BCUT2D eigenvalue weighted by Crippen LogP contribution is 2.21. The molecule has 0 saturated carbocycles. The predicted octanol–water partition coefficient (Wildman–Crippen LogP) is 0.763. The van der Waals surface area contributed by atoms with Gasteiger partial charge in [-0.15, -0.1) is 0 Å². The molecule has 0 aromatic carbocycles. The number of nitrogens with zero attached hydrogens (tertiary/aromatic N) is 1. The van der Waals surface area contributed by atoms with Gasteiger partial charge >= 0.3 is 10.1 Å². The lowest BCUT2D eigenvalue weighted by Gasteiger charge is -2.24. The minimum absolute atomic E-state index is 0.132. The van der Waals surface area contributed by atoms with E-state index in [-0.39, 0.29) is 13.1 Å². The zero-order valence-corrected chi connectivity index (χ0v) is 7.81. The first kappa shape index (κ1) is 9.88. The van der Waals surface area contributed by atoms with Crippen molar-refractivity contribution >= 4 is 10.1 Å². The average molecular weight is 198 g/mol. The van der Waals surface area contributed by atoms with Crippen molar-refractivity contribution in [3.05, 3.63) is 0 Å². The Hall–Kier alpha value is -0.200. The number of hydrogen-bond donors (Lipinski definition) is 0. The van der Waals surface area contributed by atoms with E-state index in [2.05, 4.69) is 4.28 Å². The molecular weight excluding hydrogens is 185 g/mol. The second kappa shape index (κ2) is 3.27. The zero-order chi connectivity index (χ0) is 9.24. The Kier molecular flexibility index (Phi) is 2.70. The minimum atomic E-state index is -3.68. The van der Waals surface area contributed by atoms with Crippen molar-refractivity contribution in [3.8, 4) is 0 Å². The normalized spacial score (nSPS) is 23.8. The Morgan fingerprint density at radius 2 is 1.75 bits per heavy atom. The van der Waals surface area contributed by atoms with Crippen LogP contribution in [-0.2, 0) is 14.4 Å². The van der Waals surface area contributed by atoms with Crippen molar-refractivity contribution in [1.82, 2.24) is 0 Å². The van der Waals surface area contributed by atoms with E-state index < -0.39 is 15.0 Å². The summed E-state index contributed by atoms with van der Waals surface area (Å²) in [5.74, 6) is 0. The molecule has 0 aromatic rings. The van der Waals surface area contributed by atoms with Crippen molar-refractivity contribution in [2.24, 2.45) is 0 Å². The highest BCUT2D eigenvalue weighted by molar-refractivity contribution is 7.85. The molecule has 1 aliphatic heterocycles. The molecule has 1 rings (SSSR count). The fraction of sp³-hybridized carbons (Fsp3) is 1.00. The molecular formula is C6H13FNO3S+. The van der Waals surface area contributed by atoms with Gasteiger partial charge in [0, 0.05) is 22.2 Å². The largest absolute Gasteiger partial charge is 0.315 e. The van der Waals surface area contributed by atoms with Gasteiger partial charge < -0.3 is 0 Å². The molecule has 0 aliphatic carbocycles. The molecule has 1 fully saturated rings. The maximum absolute atomic E-state index is 13.4. The average Bonchev–Trinajstić information content (AvgIpc) is 1.83. The lowest BCUT2D eigenvalue weighted by atomic mass is 10.2. The van der Waals surface area contributed by atoms with Crippen LogP contribution in [-0.4, -0.2) is 32.6 Å². The predicted molar refractivity (Wildman–Crippen MR) is 40.9 cm³/mol. The summed E-state index contributed by atoms with van der Waals surface area (Å²) >= 11 is 0. The monoisotopic (exact) mass is 198 g/mol. The van der Waals surface area contributed by atoms with Gasteiger partial charge in [-0.3, -0.25) is 0 Å². The van der Waals surface area contributed by atoms with Crippen molar-refractivity contribution in [2.45, 2.75) is 19.3 Å². The highest BCUT2D eigenvalue weighted by Gasteiger charge is 2.37. The van der Waals surface area contributed by atoms with Crippen LogP contribution in [0, 0.1) is 0 Å². The van der Waals surface area contributed by atoms with Crippen LogP contribution in [0.25, 0.3) is 0 Å². The zero-order valence-electron chi connectivity index (χ0n) is 6.99. The van der Waals surface area contributed by atoms with Gasteiger partial charge in [-0.2, -0.15) is 8.42 Å². The molecule has 0 spiro atoms. The van der Waals surface area contributed by atoms with Crippen LogP contribution in [0.15, 0.2) is 0 Å². The van der Waals surface area contributed by atoms with E-state index in [4.69, 9.17) is 0 Å². The van der Waals surface area contributed by atoms with Crippen LogP contribution in [0.5, 0.6) is 0 Å². The van der Waals surface area contributed by atoms with E-state index in [1.54, 1.807) is 0 Å². The smallest absolute Gasteiger partial charge is 0.195 e. The fourth-order valence-corrected chi connectivity index (χ4v) is 1.94. The molecule has 1 heterocycles. The molecule has 12 heavy (non-hydrogen) atoms. The second-order valence-corrected chi connectivity index (χ2v) is 4.63. The molecule has 0 radical (unpaired) electrons. The molecule has 4 nitrogen and oxygen atoms in total. The topological polar surface area (TPSA) is 43.4 Å². The van der Waals surface area contributed by atoms with Gasteiger partial charge in [-0.05, 0) is 10.7 Å². The molecule has 0 unspecified atom stereocenters. The van der Waals surface area contributed by atoms with Gasteiger partial charge in [0.05, 0.1) is 6.26 Å². The molecule has 0 atom stereocenters. The lowest BCUT2D eigenvalue weighted by molar-refractivity contribution is -1.19. The summed E-state index contributed by atoms with van der Waals surface area (Å²) in [4.78, 5) is -1.28. The number of halogens is 1. The van der Waals surface area contributed by atoms with E-state index >= 15 is 0 Å². The van der Waals surface area contributed by atoms with E-state index in [0.29, 0.717) is 12.8 Å². The van der Waals surface area contributed by atoms with E-state index in [0.717, 1.165) is 12.7 Å². The Balaban J connectivity index is 2.59. The summed E-state index contributed by atoms with van der Waals surface area (Å²) in [6, 6.07) is 0. The van der Waals surface area contributed by atoms with E-state index in [9.17, 15) is 12.9 Å². The number of quaternary nitrogens is 1. The summed E-state index contributed by atoms with van der Waals surface area (Å²) in [7, 11) is -3.68. The van der Waals surface area contributed by atoms with Gasteiger partial charge in [0.25, 0.3) is 0 Å². The molecule has 0 aromatic heterocycles. The Morgan fingerprint density at radius 3 is 2.17 bits per heavy atom. The van der Waals surface area contributed by atoms with Crippen LogP contribution in [0.2, 0.25) is 0 Å². The highest BCUT2D eigenvalue weighted by atomic mass is 32.2. The third-order valence-electron chi connectivity index (χ3n) is 1.75. The summed E-state index contributed by atoms with van der Waals surface area (Å²) in [6.07, 6.45) is 3.15. The number of piperidine rings is 1. The molecule has 0 bridgehead atoms. The third kappa shape index (κ3) is 3.04. The van der Waals surface area contributed by atoms with Crippen molar-refractivity contribution in [2.75, 3.05) is 19.3 Å². The number of rotatable bonds is 2. The molecule has 1 aliphatic rings. The first-order valence-corrected chi connectivity index (χ1v) is 5.71. The molecule has 72 valence electrons. The van der Waals surface area contributed by atoms with Crippen LogP contribution < -0.4 is 0 Å². The maximum Gasteiger partial charge on any atom is 0.315 e. The van der Waals surface area contributed by atoms with Crippen LogP contribution in [0.3, 0.4) is 0 Å². The van der Waals surface area contributed by atoms with E-state index in [1.807, 2.05) is 0 Å². The molecule has 6 heteroatoms. The number of hydrogen-bond acceptors (Lipinski definition) is 3. The minimum Gasteiger partial charge on any atom is -0.195 e. The summed E-state index contributed by atoms with van der Waals surface area (Å²) in [6.45, 7) is 0.264. The van der Waals surface area contributed by atoms with Crippen LogP contribution >= 0.6 is 0 Å². The first-order chi connectivity index (χ1) is 5.41. The van der Waals surface area contributed by atoms with Gasteiger partial charge in [0.2, 0.25) is 0 Å². The SMILES string of the molecule is CS(=O)(=O)O[N+]1(F)CCCCC1. The second-order valence-electron chi connectivity index (χ2n) is 3.08. The van der Waals surface area contributed by atoms with Crippen LogP contribution in [0.4, 0.5) is 4.48 Å². The molecule has 0 N–H and O–H groups in total. The summed E-state index contributed by atoms with van der Waals surface area (Å²) in [5.41, 5.74) is 0. The number of hydroxylamine groups is 2.